The molecule has 4 rings (SSSR count). The van der Waals surface area contributed by atoms with E-state index in [9.17, 15) is 13.2 Å². The number of allylic oxidation sites excluding steroid dienone is 5. The maximum Gasteiger partial charge on any atom is 0.265 e. The highest BCUT2D eigenvalue weighted by Crippen LogP contribution is 2.28. The molecule has 10 heteroatoms. The monoisotopic (exact) mass is 524 g/mol. The van der Waals surface area contributed by atoms with Gasteiger partial charge in [-0.05, 0) is 48.9 Å². The fraction of sp³-hybridized carbons (Fsp3) is 0.192. The van der Waals surface area contributed by atoms with E-state index < -0.39 is 9.84 Å². The fourth-order valence-electron chi connectivity index (χ4n) is 3.72. The Kier molecular flexibility index (Phi) is 7.42. The van der Waals surface area contributed by atoms with Gasteiger partial charge in [-0.3, -0.25) is 9.36 Å². The molecular formula is C26H25ClN4O4S. The molecule has 1 aromatic carbocycles. The first-order valence-corrected chi connectivity index (χ1v) is 13.7. The molecule has 0 spiro atoms. The largest absolute Gasteiger partial charge is 0.478 e. The van der Waals surface area contributed by atoms with Crippen LogP contribution in [0.25, 0.3) is 27.7 Å². The lowest BCUT2D eigenvalue weighted by molar-refractivity contribution is 0.328. The average Bonchev–Trinajstić information content (AvgIpc) is 2.83. The van der Waals surface area contributed by atoms with E-state index in [-0.39, 0.29) is 23.6 Å². The van der Waals surface area contributed by atoms with Crippen molar-refractivity contribution in [3.05, 3.63) is 88.0 Å². The van der Waals surface area contributed by atoms with Crippen molar-refractivity contribution in [2.45, 2.75) is 6.92 Å². The second-order valence-electron chi connectivity index (χ2n) is 8.21. The van der Waals surface area contributed by atoms with E-state index in [2.05, 4.69) is 10.3 Å². The summed E-state index contributed by atoms with van der Waals surface area (Å²) >= 11 is 6.08. The molecule has 0 bridgehead atoms. The SMILES string of the molecule is CCOc1ccc2cn(C3=C/C(=C/NCCS(C)(=O)=O)C(=N)C=C3)c(=O)c(-c3ccc(Cl)cc3)c2n1. The number of halogens is 1. The summed E-state index contributed by atoms with van der Waals surface area (Å²) in [4.78, 5) is 18.4. The Hall–Kier alpha value is -3.69. The minimum Gasteiger partial charge on any atom is -0.478 e. The van der Waals surface area contributed by atoms with Gasteiger partial charge >= 0.3 is 0 Å². The van der Waals surface area contributed by atoms with E-state index >= 15 is 0 Å². The average molecular weight is 525 g/mol. The molecule has 2 N–H and O–H groups in total. The van der Waals surface area contributed by atoms with E-state index in [1.54, 1.807) is 61.0 Å². The molecule has 36 heavy (non-hydrogen) atoms. The van der Waals surface area contributed by atoms with Gasteiger partial charge in [0.1, 0.15) is 9.84 Å². The number of hydrogen-bond donors (Lipinski definition) is 2. The lowest BCUT2D eigenvalue weighted by Crippen LogP contribution is -2.23. The van der Waals surface area contributed by atoms with Crippen LogP contribution in [0.2, 0.25) is 5.02 Å². The third-order valence-corrected chi connectivity index (χ3v) is 6.65. The molecule has 0 saturated heterocycles. The number of fused-ring (bicyclic) bond motifs is 1. The van der Waals surface area contributed by atoms with Gasteiger partial charge in [0.05, 0.1) is 29.2 Å². The summed E-state index contributed by atoms with van der Waals surface area (Å²) in [6.45, 7) is 2.53. The van der Waals surface area contributed by atoms with Crippen LogP contribution in [0.1, 0.15) is 6.92 Å². The standard InChI is InChI=1S/C26H25ClN4O4S/c1-3-35-23-11-6-18-16-31(26(32)24(25(18)30-23)17-4-7-20(27)8-5-17)21-9-10-22(28)19(14-21)15-29-12-13-36(2,33)34/h4-11,14-16,28-29H,3,12-13H2,1-2H3/b19-15-,28-22?. The zero-order valence-electron chi connectivity index (χ0n) is 19.8. The minimum atomic E-state index is -3.10. The summed E-state index contributed by atoms with van der Waals surface area (Å²) in [7, 11) is -3.10. The highest BCUT2D eigenvalue weighted by molar-refractivity contribution is 7.90. The Labute approximate surface area is 214 Å². The van der Waals surface area contributed by atoms with Gasteiger partial charge in [-0.25, -0.2) is 13.4 Å². The number of benzene rings is 1. The van der Waals surface area contributed by atoms with Crippen molar-refractivity contribution in [2.24, 2.45) is 0 Å². The number of hydrogen-bond acceptors (Lipinski definition) is 7. The number of aromatic nitrogens is 2. The summed E-state index contributed by atoms with van der Waals surface area (Å²) in [5, 5.41) is 12.4. The van der Waals surface area contributed by atoms with Crippen LogP contribution in [0.4, 0.5) is 0 Å². The van der Waals surface area contributed by atoms with Gasteiger partial charge in [0.15, 0.2) is 0 Å². The molecule has 0 saturated carbocycles. The van der Waals surface area contributed by atoms with Crippen molar-refractivity contribution >= 4 is 43.7 Å². The molecule has 1 aliphatic carbocycles. The van der Waals surface area contributed by atoms with Crippen molar-refractivity contribution in [1.82, 2.24) is 14.9 Å². The molecule has 186 valence electrons. The van der Waals surface area contributed by atoms with E-state index in [1.807, 2.05) is 13.0 Å². The second kappa shape index (κ2) is 10.5. The van der Waals surface area contributed by atoms with Crippen LogP contribution >= 0.6 is 11.6 Å². The summed E-state index contributed by atoms with van der Waals surface area (Å²) < 4.78 is 29.8. The van der Waals surface area contributed by atoms with Crippen molar-refractivity contribution < 1.29 is 13.2 Å². The Morgan fingerprint density at radius 2 is 1.92 bits per heavy atom. The topological polar surface area (TPSA) is 114 Å². The van der Waals surface area contributed by atoms with Crippen LogP contribution in [0.3, 0.4) is 0 Å². The molecule has 2 aromatic heterocycles. The van der Waals surface area contributed by atoms with Gasteiger partial charge in [-0.1, -0.05) is 23.7 Å². The van der Waals surface area contributed by atoms with Gasteiger partial charge < -0.3 is 15.5 Å². The van der Waals surface area contributed by atoms with Crippen LogP contribution in [0, 0.1) is 5.41 Å². The number of nitrogens with zero attached hydrogens (tertiary/aromatic N) is 2. The van der Waals surface area contributed by atoms with Gasteiger partial charge in [-0.15, -0.1) is 0 Å². The highest BCUT2D eigenvalue weighted by atomic mass is 35.5. The molecular weight excluding hydrogens is 500 g/mol. The summed E-state index contributed by atoms with van der Waals surface area (Å²) in [6.07, 6.45) is 9.45. The molecule has 1 aliphatic rings. The Morgan fingerprint density at radius 3 is 2.61 bits per heavy atom. The van der Waals surface area contributed by atoms with Crippen molar-refractivity contribution in [3.8, 4) is 17.0 Å². The summed E-state index contributed by atoms with van der Waals surface area (Å²) in [5.74, 6) is 0.398. The lowest BCUT2D eigenvalue weighted by Gasteiger charge is -2.16. The molecule has 0 amide bonds. The van der Waals surface area contributed by atoms with Gasteiger partial charge in [0, 0.05) is 52.9 Å². The first-order valence-electron chi connectivity index (χ1n) is 11.2. The third-order valence-electron chi connectivity index (χ3n) is 5.45. The van der Waals surface area contributed by atoms with Crippen molar-refractivity contribution in [3.63, 3.8) is 0 Å². The van der Waals surface area contributed by atoms with E-state index in [0.29, 0.717) is 45.4 Å². The molecule has 0 unspecified atom stereocenters. The van der Waals surface area contributed by atoms with Crippen LogP contribution in [0.15, 0.2) is 77.4 Å². The number of sulfone groups is 1. The minimum absolute atomic E-state index is 0.0259. The summed E-state index contributed by atoms with van der Waals surface area (Å²) in [5.41, 5.74) is 2.59. The zero-order valence-corrected chi connectivity index (χ0v) is 21.4. The molecule has 0 atom stereocenters. The molecule has 8 nitrogen and oxygen atoms in total. The first-order chi connectivity index (χ1) is 17.2. The quantitative estimate of drug-likeness (QED) is 0.429. The maximum absolute atomic E-state index is 13.8. The molecule has 0 aliphatic heterocycles. The van der Waals surface area contributed by atoms with Gasteiger partial charge in [-0.2, -0.15) is 0 Å². The normalized spacial score (nSPS) is 14.8. The Bertz CT molecular complexity index is 1590. The maximum atomic E-state index is 13.8. The predicted octanol–water partition coefficient (Wildman–Crippen LogP) is 4.06. The van der Waals surface area contributed by atoms with E-state index in [0.717, 1.165) is 5.39 Å². The lowest BCUT2D eigenvalue weighted by atomic mass is 10.0. The smallest absolute Gasteiger partial charge is 0.265 e. The van der Waals surface area contributed by atoms with Crippen molar-refractivity contribution in [1.29, 1.82) is 5.41 Å². The van der Waals surface area contributed by atoms with Crippen LogP contribution in [-0.4, -0.2) is 48.8 Å². The molecule has 3 aromatic rings. The van der Waals surface area contributed by atoms with Gasteiger partial charge in [0.2, 0.25) is 5.88 Å². The number of pyridine rings is 2. The fourth-order valence-corrected chi connectivity index (χ4v) is 4.33. The molecule has 2 heterocycles. The number of rotatable bonds is 8. The van der Waals surface area contributed by atoms with E-state index in [4.69, 9.17) is 21.7 Å². The highest BCUT2D eigenvalue weighted by Gasteiger charge is 2.18. The predicted molar refractivity (Wildman–Crippen MR) is 145 cm³/mol. The van der Waals surface area contributed by atoms with Gasteiger partial charge in [0.25, 0.3) is 5.56 Å². The third kappa shape index (κ3) is 5.75. The Balaban J connectivity index is 1.83. The number of nitrogens with one attached hydrogen (secondary N) is 2. The van der Waals surface area contributed by atoms with E-state index in [1.165, 1.54) is 10.8 Å². The number of ether oxygens (including phenoxy) is 1. The molecule has 0 fully saturated rings. The first kappa shape index (κ1) is 25.4. The van der Waals surface area contributed by atoms with Crippen LogP contribution < -0.4 is 15.6 Å². The van der Waals surface area contributed by atoms with Crippen LogP contribution in [-0.2, 0) is 9.84 Å². The summed E-state index contributed by atoms with van der Waals surface area (Å²) in [6, 6.07) is 10.6. The second-order valence-corrected chi connectivity index (χ2v) is 10.9. The van der Waals surface area contributed by atoms with Crippen LogP contribution in [0.5, 0.6) is 5.88 Å². The zero-order chi connectivity index (χ0) is 25.9. The Morgan fingerprint density at radius 1 is 1.17 bits per heavy atom. The molecule has 0 radical (unpaired) electrons. The van der Waals surface area contributed by atoms with Crippen molar-refractivity contribution in [2.75, 3.05) is 25.2 Å².